The van der Waals surface area contributed by atoms with Crippen LogP contribution in [0.3, 0.4) is 0 Å². The molecule has 2 N–H and O–H groups in total. The van der Waals surface area contributed by atoms with E-state index >= 15 is 0 Å². The van der Waals surface area contributed by atoms with Gasteiger partial charge in [0.05, 0.1) is 5.69 Å². The van der Waals surface area contributed by atoms with Gasteiger partial charge in [-0.1, -0.05) is 78.9 Å². The minimum atomic E-state index is -1.30. The second kappa shape index (κ2) is 9.11. The smallest absolute Gasteiger partial charge is 0.324 e. The second-order valence-corrected chi connectivity index (χ2v) is 8.80. The number of nitrogens with zero attached hydrogens (tertiary/aromatic N) is 1. The van der Waals surface area contributed by atoms with Gasteiger partial charge in [0.1, 0.15) is 12.1 Å². The van der Waals surface area contributed by atoms with Crippen molar-refractivity contribution in [1.29, 1.82) is 0 Å². The quantitative estimate of drug-likeness (QED) is 0.316. The predicted octanol–water partition coefficient (Wildman–Crippen LogP) is 4.48. The highest BCUT2D eigenvalue weighted by molar-refractivity contribution is 6.15. The third kappa shape index (κ3) is 4.11. The average Bonchev–Trinajstić information content (AvgIpc) is 3.12. The number of ketones is 1. The number of para-hydroxylation sites is 1. The fraction of sp³-hybridized carbons (Fsp3) is 0.103. The number of hydrogen-bond acceptors (Lipinski definition) is 4. The molecule has 0 radical (unpaired) electrons. The fourth-order valence-electron chi connectivity index (χ4n) is 4.41. The van der Waals surface area contributed by atoms with Crippen LogP contribution in [0, 0.1) is 0 Å². The molecule has 36 heavy (non-hydrogen) atoms. The maximum atomic E-state index is 13.3. The SMILES string of the molecule is C[C@]1(c2ccc3ccccc3c2)NC(=O)N(CC(=O)Nc2ccccc2C(=O)c2ccccc2)C1=O. The lowest BCUT2D eigenvalue weighted by molar-refractivity contribution is -0.133. The fourth-order valence-corrected chi connectivity index (χ4v) is 4.41. The molecule has 1 atom stereocenters. The third-order valence-electron chi connectivity index (χ3n) is 6.39. The van der Waals surface area contributed by atoms with Crippen LogP contribution >= 0.6 is 0 Å². The van der Waals surface area contributed by atoms with E-state index < -0.39 is 29.9 Å². The molecule has 0 spiro atoms. The van der Waals surface area contributed by atoms with Crippen LogP contribution in [0.15, 0.2) is 97.1 Å². The summed E-state index contributed by atoms with van der Waals surface area (Å²) in [5, 5.41) is 7.38. The summed E-state index contributed by atoms with van der Waals surface area (Å²) in [6.07, 6.45) is 0. The van der Waals surface area contributed by atoms with Crippen LogP contribution in [0.4, 0.5) is 10.5 Å². The number of rotatable bonds is 6. The van der Waals surface area contributed by atoms with E-state index in [0.717, 1.165) is 15.7 Å². The maximum Gasteiger partial charge on any atom is 0.325 e. The van der Waals surface area contributed by atoms with Gasteiger partial charge in [0.15, 0.2) is 5.78 Å². The van der Waals surface area contributed by atoms with Crippen molar-refractivity contribution < 1.29 is 19.2 Å². The molecular formula is C29H23N3O4. The molecule has 0 aliphatic carbocycles. The molecule has 0 saturated carbocycles. The molecule has 1 aliphatic heterocycles. The molecule has 4 amide bonds. The van der Waals surface area contributed by atoms with Crippen molar-refractivity contribution in [2.24, 2.45) is 0 Å². The maximum absolute atomic E-state index is 13.3. The van der Waals surface area contributed by atoms with Crippen LogP contribution in [-0.2, 0) is 15.1 Å². The zero-order valence-corrected chi connectivity index (χ0v) is 19.5. The number of hydrogen-bond donors (Lipinski definition) is 2. The molecular weight excluding hydrogens is 454 g/mol. The Morgan fingerprint density at radius 2 is 1.50 bits per heavy atom. The van der Waals surface area contributed by atoms with E-state index in [4.69, 9.17) is 0 Å². The Labute approximate surface area is 207 Å². The largest absolute Gasteiger partial charge is 0.325 e. The topological polar surface area (TPSA) is 95.6 Å². The first-order valence-electron chi connectivity index (χ1n) is 11.5. The molecule has 1 aliphatic rings. The van der Waals surface area contributed by atoms with Crippen molar-refractivity contribution in [3.8, 4) is 0 Å². The van der Waals surface area contributed by atoms with Crippen LogP contribution in [0.5, 0.6) is 0 Å². The van der Waals surface area contributed by atoms with Gasteiger partial charge in [0, 0.05) is 11.1 Å². The molecule has 0 unspecified atom stereocenters. The summed E-state index contributed by atoms with van der Waals surface area (Å²) in [5.41, 5.74) is 0.430. The molecule has 1 fully saturated rings. The van der Waals surface area contributed by atoms with Gasteiger partial charge in [-0.05, 0) is 41.5 Å². The van der Waals surface area contributed by atoms with Crippen LogP contribution in [0.2, 0.25) is 0 Å². The molecule has 7 heteroatoms. The van der Waals surface area contributed by atoms with Gasteiger partial charge in [0.2, 0.25) is 5.91 Å². The van der Waals surface area contributed by atoms with Crippen molar-refractivity contribution >= 4 is 40.1 Å². The first-order chi connectivity index (χ1) is 17.4. The Balaban J connectivity index is 1.34. The molecule has 5 rings (SSSR count). The zero-order valence-electron chi connectivity index (χ0n) is 19.5. The molecule has 0 aromatic heterocycles. The highest BCUT2D eigenvalue weighted by Gasteiger charge is 2.49. The Hall–Kier alpha value is -4.78. The van der Waals surface area contributed by atoms with Crippen LogP contribution < -0.4 is 10.6 Å². The second-order valence-electron chi connectivity index (χ2n) is 8.80. The monoisotopic (exact) mass is 477 g/mol. The summed E-state index contributed by atoms with van der Waals surface area (Å²) in [4.78, 5) is 52.8. The van der Waals surface area contributed by atoms with Crippen molar-refractivity contribution in [3.63, 3.8) is 0 Å². The molecule has 178 valence electrons. The van der Waals surface area contributed by atoms with Gasteiger partial charge in [-0.3, -0.25) is 19.3 Å². The van der Waals surface area contributed by atoms with Gasteiger partial charge in [-0.2, -0.15) is 0 Å². The minimum Gasteiger partial charge on any atom is -0.324 e. The van der Waals surface area contributed by atoms with Gasteiger partial charge in [-0.15, -0.1) is 0 Å². The highest BCUT2D eigenvalue weighted by Crippen LogP contribution is 2.31. The van der Waals surface area contributed by atoms with Crippen LogP contribution in [0.1, 0.15) is 28.4 Å². The standard InChI is InChI=1S/C29H23N3O4/c1-29(22-16-15-19-9-5-6-12-21(19)17-22)27(35)32(28(36)31-29)18-25(33)30-24-14-8-7-13-23(24)26(34)20-10-3-2-4-11-20/h2-17H,18H2,1H3,(H,30,33)(H,31,36)/t29-/m1/s1. The summed E-state index contributed by atoms with van der Waals surface area (Å²) in [6, 6.07) is 28.0. The first-order valence-corrected chi connectivity index (χ1v) is 11.5. The normalized spacial score (nSPS) is 17.2. The number of carbonyl (C=O) groups excluding carboxylic acids is 4. The van der Waals surface area contributed by atoms with Gasteiger partial charge < -0.3 is 10.6 Å². The molecule has 1 heterocycles. The van der Waals surface area contributed by atoms with E-state index in [-0.39, 0.29) is 5.78 Å². The van der Waals surface area contributed by atoms with Crippen molar-refractivity contribution in [2.75, 3.05) is 11.9 Å². The number of urea groups is 1. The summed E-state index contributed by atoms with van der Waals surface area (Å²) in [5.74, 6) is -1.36. The molecule has 4 aromatic carbocycles. The summed E-state index contributed by atoms with van der Waals surface area (Å²) in [6.45, 7) is 1.14. The summed E-state index contributed by atoms with van der Waals surface area (Å²) >= 11 is 0. The molecule has 7 nitrogen and oxygen atoms in total. The first kappa shape index (κ1) is 23.0. The van der Waals surface area contributed by atoms with Crippen LogP contribution in [-0.4, -0.2) is 35.1 Å². The Kier molecular flexibility index (Phi) is 5.82. The Morgan fingerprint density at radius 1 is 0.833 bits per heavy atom. The number of anilines is 1. The van der Waals surface area contributed by atoms with Gasteiger partial charge in [-0.25, -0.2) is 4.79 Å². The van der Waals surface area contributed by atoms with E-state index in [2.05, 4.69) is 10.6 Å². The predicted molar refractivity (Wildman–Crippen MR) is 136 cm³/mol. The van der Waals surface area contributed by atoms with E-state index in [9.17, 15) is 19.2 Å². The van der Waals surface area contributed by atoms with Crippen LogP contribution in [0.25, 0.3) is 10.8 Å². The summed E-state index contributed by atoms with van der Waals surface area (Å²) < 4.78 is 0. The number of amides is 4. The van der Waals surface area contributed by atoms with E-state index in [0.29, 0.717) is 22.4 Å². The lowest BCUT2D eigenvalue weighted by Gasteiger charge is -2.22. The van der Waals surface area contributed by atoms with Gasteiger partial charge in [0.25, 0.3) is 5.91 Å². The van der Waals surface area contributed by atoms with Crippen molar-refractivity contribution in [1.82, 2.24) is 10.2 Å². The number of fused-ring (bicyclic) bond motifs is 1. The molecule has 1 saturated heterocycles. The number of benzene rings is 4. The highest BCUT2D eigenvalue weighted by atomic mass is 16.2. The van der Waals surface area contributed by atoms with Gasteiger partial charge >= 0.3 is 6.03 Å². The number of nitrogens with one attached hydrogen (secondary N) is 2. The van der Waals surface area contributed by atoms with E-state index in [1.165, 1.54) is 0 Å². The minimum absolute atomic E-state index is 0.245. The van der Waals surface area contributed by atoms with E-state index in [1.54, 1.807) is 61.5 Å². The van der Waals surface area contributed by atoms with E-state index in [1.807, 2.05) is 42.5 Å². The molecule has 0 bridgehead atoms. The number of carbonyl (C=O) groups is 4. The lowest BCUT2D eigenvalue weighted by atomic mass is 9.90. The van der Waals surface area contributed by atoms with Crippen molar-refractivity contribution in [3.05, 3.63) is 114 Å². The third-order valence-corrected chi connectivity index (χ3v) is 6.39. The zero-order chi connectivity index (χ0) is 25.3. The van der Waals surface area contributed by atoms with Crippen molar-refractivity contribution in [2.45, 2.75) is 12.5 Å². The Bertz CT molecular complexity index is 1520. The Morgan fingerprint density at radius 3 is 2.28 bits per heavy atom. The molecule has 4 aromatic rings. The number of imide groups is 1. The summed E-state index contributed by atoms with van der Waals surface area (Å²) in [7, 11) is 0. The lowest BCUT2D eigenvalue weighted by Crippen LogP contribution is -2.42. The average molecular weight is 478 g/mol.